The number of rotatable bonds is 7. The standard InChI is InChI=1S/C18H21NO4/c1-13-9-14(2)11-16(10-13)22-7-8-23-18-15(12-19-20)5-4-6-17(18)21-3/h4-6,9-12,20H,7-8H2,1-3H3/b19-12+. The van der Waals surface area contributed by atoms with E-state index in [-0.39, 0.29) is 0 Å². The molecule has 0 fully saturated rings. The zero-order valence-corrected chi connectivity index (χ0v) is 13.6. The number of benzene rings is 2. The minimum Gasteiger partial charge on any atom is -0.493 e. The lowest BCUT2D eigenvalue weighted by Gasteiger charge is -2.13. The summed E-state index contributed by atoms with van der Waals surface area (Å²) in [6, 6.07) is 11.4. The summed E-state index contributed by atoms with van der Waals surface area (Å²) in [5.74, 6) is 1.92. The fourth-order valence-corrected chi connectivity index (χ4v) is 2.33. The van der Waals surface area contributed by atoms with E-state index in [0.29, 0.717) is 30.3 Å². The Morgan fingerprint density at radius 2 is 1.74 bits per heavy atom. The van der Waals surface area contributed by atoms with Gasteiger partial charge in [0.15, 0.2) is 11.5 Å². The van der Waals surface area contributed by atoms with Crippen molar-refractivity contribution in [2.24, 2.45) is 5.16 Å². The lowest BCUT2D eigenvalue weighted by molar-refractivity contribution is 0.211. The Morgan fingerprint density at radius 3 is 2.39 bits per heavy atom. The van der Waals surface area contributed by atoms with Crippen LogP contribution in [-0.4, -0.2) is 31.7 Å². The monoisotopic (exact) mass is 315 g/mol. The van der Waals surface area contributed by atoms with Crippen molar-refractivity contribution < 1.29 is 19.4 Å². The molecule has 0 spiro atoms. The van der Waals surface area contributed by atoms with E-state index in [4.69, 9.17) is 19.4 Å². The summed E-state index contributed by atoms with van der Waals surface area (Å²) in [6.45, 7) is 4.81. The lowest BCUT2D eigenvalue weighted by Crippen LogP contribution is -2.11. The summed E-state index contributed by atoms with van der Waals surface area (Å²) in [5, 5.41) is 11.8. The maximum Gasteiger partial charge on any atom is 0.170 e. The second kappa shape index (κ2) is 8.08. The number of hydrogen-bond acceptors (Lipinski definition) is 5. The molecule has 1 N–H and O–H groups in total. The Labute approximate surface area is 136 Å². The highest BCUT2D eigenvalue weighted by Gasteiger charge is 2.09. The van der Waals surface area contributed by atoms with Crippen molar-refractivity contribution in [3.8, 4) is 17.2 Å². The van der Waals surface area contributed by atoms with Crippen molar-refractivity contribution in [3.63, 3.8) is 0 Å². The van der Waals surface area contributed by atoms with Crippen LogP contribution in [-0.2, 0) is 0 Å². The van der Waals surface area contributed by atoms with Gasteiger partial charge in [0.05, 0.1) is 13.3 Å². The molecule has 2 rings (SSSR count). The van der Waals surface area contributed by atoms with Crippen LogP contribution in [0.25, 0.3) is 0 Å². The number of oxime groups is 1. The Morgan fingerprint density at radius 1 is 1.04 bits per heavy atom. The maximum atomic E-state index is 8.73. The molecule has 5 nitrogen and oxygen atoms in total. The Kier molecular flexibility index (Phi) is 5.86. The first-order valence-corrected chi connectivity index (χ1v) is 7.32. The van der Waals surface area contributed by atoms with E-state index in [1.165, 1.54) is 6.21 Å². The molecule has 2 aromatic rings. The molecule has 0 bridgehead atoms. The van der Waals surface area contributed by atoms with Gasteiger partial charge in [-0.05, 0) is 49.2 Å². The van der Waals surface area contributed by atoms with E-state index in [0.717, 1.165) is 16.9 Å². The summed E-state index contributed by atoms with van der Waals surface area (Å²) in [5.41, 5.74) is 2.96. The number of ether oxygens (including phenoxy) is 3. The predicted molar refractivity (Wildman–Crippen MR) is 89.3 cm³/mol. The van der Waals surface area contributed by atoms with Crippen LogP contribution < -0.4 is 14.2 Å². The molecule has 0 aliphatic rings. The molecule has 0 aliphatic carbocycles. The SMILES string of the molecule is COc1cccc(/C=N/O)c1OCCOc1cc(C)cc(C)c1. The normalized spacial score (nSPS) is 10.7. The van der Waals surface area contributed by atoms with E-state index in [9.17, 15) is 0 Å². The van der Waals surface area contributed by atoms with Crippen molar-refractivity contribution in [2.75, 3.05) is 20.3 Å². The van der Waals surface area contributed by atoms with Crippen molar-refractivity contribution in [2.45, 2.75) is 13.8 Å². The highest BCUT2D eigenvalue weighted by molar-refractivity contribution is 5.84. The third-order valence-corrected chi connectivity index (χ3v) is 3.22. The van der Waals surface area contributed by atoms with Gasteiger partial charge in [0, 0.05) is 5.56 Å². The first-order valence-electron chi connectivity index (χ1n) is 7.32. The maximum absolute atomic E-state index is 8.73. The predicted octanol–water partition coefficient (Wildman–Crippen LogP) is 3.58. The van der Waals surface area contributed by atoms with Crippen LogP contribution in [0.1, 0.15) is 16.7 Å². The smallest absolute Gasteiger partial charge is 0.170 e. The Bertz CT molecular complexity index is 662. The van der Waals surface area contributed by atoms with Crippen molar-refractivity contribution in [1.29, 1.82) is 0 Å². The molecule has 5 heteroatoms. The van der Waals surface area contributed by atoms with E-state index < -0.39 is 0 Å². The molecule has 0 aromatic heterocycles. The topological polar surface area (TPSA) is 60.3 Å². The van der Waals surface area contributed by atoms with Crippen molar-refractivity contribution in [3.05, 3.63) is 53.1 Å². The quantitative estimate of drug-likeness (QED) is 0.367. The van der Waals surface area contributed by atoms with Gasteiger partial charge < -0.3 is 19.4 Å². The lowest BCUT2D eigenvalue weighted by atomic mass is 10.1. The Hall–Kier alpha value is -2.69. The van der Waals surface area contributed by atoms with Crippen LogP contribution in [0.2, 0.25) is 0 Å². The van der Waals surface area contributed by atoms with Crippen LogP contribution in [0.5, 0.6) is 17.2 Å². The third-order valence-electron chi connectivity index (χ3n) is 3.22. The number of para-hydroxylation sites is 1. The molecular formula is C18H21NO4. The van der Waals surface area contributed by atoms with Crippen LogP contribution >= 0.6 is 0 Å². The zero-order chi connectivity index (χ0) is 16.7. The first kappa shape index (κ1) is 16.7. The summed E-state index contributed by atoms with van der Waals surface area (Å²) >= 11 is 0. The first-order chi connectivity index (χ1) is 11.1. The number of methoxy groups -OCH3 is 1. The summed E-state index contributed by atoms with van der Waals surface area (Å²) in [4.78, 5) is 0. The van der Waals surface area contributed by atoms with Crippen LogP contribution in [0.3, 0.4) is 0 Å². The third kappa shape index (κ3) is 4.64. The van der Waals surface area contributed by atoms with Gasteiger partial charge >= 0.3 is 0 Å². The average Bonchev–Trinajstić information content (AvgIpc) is 2.51. The molecular weight excluding hydrogens is 294 g/mol. The van der Waals surface area contributed by atoms with Gasteiger partial charge in [-0.25, -0.2) is 0 Å². The number of nitrogens with zero attached hydrogens (tertiary/aromatic N) is 1. The molecule has 23 heavy (non-hydrogen) atoms. The van der Waals surface area contributed by atoms with Crippen LogP contribution in [0, 0.1) is 13.8 Å². The van der Waals surface area contributed by atoms with Gasteiger partial charge in [0.1, 0.15) is 19.0 Å². The number of aryl methyl sites for hydroxylation is 2. The molecule has 0 saturated heterocycles. The molecule has 0 radical (unpaired) electrons. The van der Waals surface area contributed by atoms with Gasteiger partial charge in [-0.3, -0.25) is 0 Å². The molecule has 0 saturated carbocycles. The van der Waals surface area contributed by atoms with E-state index in [2.05, 4.69) is 11.2 Å². The second-order valence-electron chi connectivity index (χ2n) is 5.14. The van der Waals surface area contributed by atoms with Crippen molar-refractivity contribution in [1.82, 2.24) is 0 Å². The van der Waals surface area contributed by atoms with Crippen LogP contribution in [0.4, 0.5) is 0 Å². The minimum atomic E-state index is 0.347. The molecule has 0 unspecified atom stereocenters. The number of hydrogen-bond donors (Lipinski definition) is 1. The van der Waals surface area contributed by atoms with E-state index in [1.54, 1.807) is 25.3 Å². The summed E-state index contributed by atoms with van der Waals surface area (Å²) in [7, 11) is 1.56. The highest BCUT2D eigenvalue weighted by atomic mass is 16.5. The molecule has 2 aromatic carbocycles. The second-order valence-corrected chi connectivity index (χ2v) is 5.14. The summed E-state index contributed by atoms with van der Waals surface area (Å²) in [6.07, 6.45) is 1.31. The highest BCUT2D eigenvalue weighted by Crippen LogP contribution is 2.30. The van der Waals surface area contributed by atoms with Crippen LogP contribution in [0.15, 0.2) is 41.6 Å². The van der Waals surface area contributed by atoms with Gasteiger partial charge in [0.25, 0.3) is 0 Å². The van der Waals surface area contributed by atoms with Gasteiger partial charge in [-0.15, -0.1) is 0 Å². The average molecular weight is 315 g/mol. The largest absolute Gasteiger partial charge is 0.493 e. The Balaban J connectivity index is 1.98. The molecule has 122 valence electrons. The zero-order valence-electron chi connectivity index (χ0n) is 13.6. The van der Waals surface area contributed by atoms with E-state index in [1.807, 2.05) is 26.0 Å². The fraction of sp³-hybridized carbons (Fsp3) is 0.278. The molecule has 0 amide bonds. The summed E-state index contributed by atoms with van der Waals surface area (Å²) < 4.78 is 16.7. The van der Waals surface area contributed by atoms with Gasteiger partial charge in [0.2, 0.25) is 0 Å². The molecule has 0 heterocycles. The molecule has 0 aliphatic heterocycles. The van der Waals surface area contributed by atoms with E-state index >= 15 is 0 Å². The van der Waals surface area contributed by atoms with Gasteiger partial charge in [-0.2, -0.15) is 0 Å². The van der Waals surface area contributed by atoms with Crippen molar-refractivity contribution >= 4 is 6.21 Å². The minimum absolute atomic E-state index is 0.347. The van der Waals surface area contributed by atoms with Gasteiger partial charge in [-0.1, -0.05) is 17.3 Å². The fourth-order valence-electron chi connectivity index (χ4n) is 2.33. The molecule has 0 atom stereocenters.